The fourth-order valence-electron chi connectivity index (χ4n) is 1.07. The van der Waals surface area contributed by atoms with Crippen LogP contribution in [0.25, 0.3) is 11.5 Å². The zero-order valence-corrected chi connectivity index (χ0v) is 8.67. The Balaban J connectivity index is 2.49. The monoisotopic (exact) mass is 237 g/mol. The molecule has 2 aromatic rings. The fourth-order valence-corrected chi connectivity index (χ4v) is 1.29. The van der Waals surface area contributed by atoms with Crippen LogP contribution >= 0.6 is 15.9 Å². The standard InChI is InChI=1S/C9H8BrN3/c1-6-4-8(13-5-7(6)10)9-11-2-3-12-9/h2-5H,1H3,(H,11,12). The van der Waals surface area contributed by atoms with Crippen molar-refractivity contribution in [3.8, 4) is 11.5 Å². The highest BCUT2D eigenvalue weighted by Gasteiger charge is 2.02. The van der Waals surface area contributed by atoms with Gasteiger partial charge in [0.15, 0.2) is 5.82 Å². The minimum atomic E-state index is 0.801. The van der Waals surface area contributed by atoms with Gasteiger partial charge in [0.25, 0.3) is 0 Å². The molecule has 0 fully saturated rings. The molecule has 0 bridgehead atoms. The highest BCUT2D eigenvalue weighted by molar-refractivity contribution is 9.10. The van der Waals surface area contributed by atoms with Crippen LogP contribution in [-0.2, 0) is 0 Å². The lowest BCUT2D eigenvalue weighted by molar-refractivity contribution is 1.20. The average Bonchev–Trinajstić information content (AvgIpc) is 2.62. The van der Waals surface area contributed by atoms with E-state index in [0.717, 1.165) is 21.6 Å². The van der Waals surface area contributed by atoms with E-state index < -0.39 is 0 Å². The quantitative estimate of drug-likeness (QED) is 0.829. The van der Waals surface area contributed by atoms with Crippen molar-refractivity contribution in [1.82, 2.24) is 15.0 Å². The Bertz CT molecular complexity index is 409. The number of nitrogens with zero attached hydrogens (tertiary/aromatic N) is 2. The van der Waals surface area contributed by atoms with Crippen molar-refractivity contribution in [2.75, 3.05) is 0 Å². The lowest BCUT2D eigenvalue weighted by atomic mass is 10.2. The van der Waals surface area contributed by atoms with E-state index in [1.807, 2.05) is 13.0 Å². The van der Waals surface area contributed by atoms with Crippen molar-refractivity contribution in [3.63, 3.8) is 0 Å². The first kappa shape index (κ1) is 8.44. The molecule has 3 nitrogen and oxygen atoms in total. The van der Waals surface area contributed by atoms with Crippen molar-refractivity contribution < 1.29 is 0 Å². The lowest BCUT2D eigenvalue weighted by Gasteiger charge is -1.99. The number of rotatable bonds is 1. The molecular formula is C9H8BrN3. The molecule has 0 aliphatic heterocycles. The normalized spacial score (nSPS) is 10.3. The molecule has 2 aromatic heterocycles. The topological polar surface area (TPSA) is 41.6 Å². The third-order valence-electron chi connectivity index (χ3n) is 1.79. The molecule has 4 heteroatoms. The number of aromatic nitrogens is 3. The van der Waals surface area contributed by atoms with Crippen LogP contribution in [0.5, 0.6) is 0 Å². The Kier molecular flexibility index (Phi) is 2.14. The third-order valence-corrected chi connectivity index (χ3v) is 2.62. The molecule has 0 spiro atoms. The molecule has 0 unspecified atom stereocenters. The molecular weight excluding hydrogens is 230 g/mol. The third kappa shape index (κ3) is 1.62. The summed E-state index contributed by atoms with van der Waals surface area (Å²) in [7, 11) is 0. The van der Waals surface area contributed by atoms with Crippen LogP contribution < -0.4 is 0 Å². The van der Waals surface area contributed by atoms with Gasteiger partial charge >= 0.3 is 0 Å². The molecule has 1 N–H and O–H groups in total. The predicted octanol–water partition coefficient (Wildman–Crippen LogP) is 2.54. The zero-order chi connectivity index (χ0) is 9.26. The summed E-state index contributed by atoms with van der Waals surface area (Å²) in [6.45, 7) is 2.03. The van der Waals surface area contributed by atoms with Gasteiger partial charge in [-0.25, -0.2) is 4.98 Å². The van der Waals surface area contributed by atoms with Gasteiger partial charge in [0.2, 0.25) is 0 Å². The maximum atomic E-state index is 4.24. The molecule has 66 valence electrons. The minimum absolute atomic E-state index is 0.801. The van der Waals surface area contributed by atoms with Gasteiger partial charge in [-0.3, -0.25) is 4.98 Å². The van der Waals surface area contributed by atoms with E-state index in [-0.39, 0.29) is 0 Å². The van der Waals surface area contributed by atoms with Gasteiger partial charge in [-0.05, 0) is 34.5 Å². The molecule has 0 aliphatic carbocycles. The first-order valence-corrected chi connectivity index (χ1v) is 4.68. The lowest BCUT2D eigenvalue weighted by Crippen LogP contribution is -1.87. The summed E-state index contributed by atoms with van der Waals surface area (Å²) in [5.74, 6) is 0.801. The number of imidazole rings is 1. The smallest absolute Gasteiger partial charge is 0.155 e. The van der Waals surface area contributed by atoms with Crippen molar-refractivity contribution in [3.05, 3.63) is 34.7 Å². The van der Waals surface area contributed by atoms with Gasteiger partial charge in [0.05, 0.1) is 0 Å². The van der Waals surface area contributed by atoms with E-state index in [9.17, 15) is 0 Å². The summed E-state index contributed by atoms with van der Waals surface area (Å²) in [5, 5.41) is 0. The Hall–Kier alpha value is -1.16. The maximum Gasteiger partial charge on any atom is 0.155 e. The first-order chi connectivity index (χ1) is 6.27. The van der Waals surface area contributed by atoms with Gasteiger partial charge in [-0.2, -0.15) is 0 Å². The molecule has 2 rings (SSSR count). The number of nitrogens with one attached hydrogen (secondary N) is 1. The molecule has 0 amide bonds. The van der Waals surface area contributed by atoms with E-state index in [1.54, 1.807) is 18.6 Å². The first-order valence-electron chi connectivity index (χ1n) is 3.89. The molecule has 0 saturated carbocycles. The largest absolute Gasteiger partial charge is 0.343 e. The highest BCUT2D eigenvalue weighted by Crippen LogP contribution is 2.19. The Labute approximate surface area is 84.4 Å². The van der Waals surface area contributed by atoms with Crippen molar-refractivity contribution in [1.29, 1.82) is 0 Å². The summed E-state index contributed by atoms with van der Waals surface area (Å²) < 4.78 is 1.02. The van der Waals surface area contributed by atoms with Crippen LogP contribution in [0, 0.1) is 6.92 Å². The van der Waals surface area contributed by atoms with Crippen molar-refractivity contribution in [2.45, 2.75) is 6.92 Å². The van der Waals surface area contributed by atoms with Gasteiger partial charge < -0.3 is 4.98 Å². The fraction of sp³-hybridized carbons (Fsp3) is 0.111. The number of H-pyrrole nitrogens is 1. The van der Waals surface area contributed by atoms with Gasteiger partial charge in [-0.15, -0.1) is 0 Å². The highest BCUT2D eigenvalue weighted by atomic mass is 79.9. The molecule has 0 aliphatic rings. The number of aryl methyl sites for hydroxylation is 1. The van der Waals surface area contributed by atoms with Gasteiger partial charge in [-0.1, -0.05) is 0 Å². The van der Waals surface area contributed by atoms with E-state index in [2.05, 4.69) is 30.9 Å². The molecule has 0 saturated heterocycles. The SMILES string of the molecule is Cc1cc(-c2ncc[nH]2)ncc1Br. The number of halogens is 1. The summed E-state index contributed by atoms with van der Waals surface area (Å²) in [6.07, 6.45) is 5.29. The van der Waals surface area contributed by atoms with Gasteiger partial charge in [0.1, 0.15) is 5.69 Å². The Morgan fingerprint density at radius 1 is 1.38 bits per heavy atom. The average molecular weight is 238 g/mol. The second kappa shape index (κ2) is 3.30. The molecule has 0 atom stereocenters. The molecule has 0 aromatic carbocycles. The van der Waals surface area contributed by atoms with E-state index >= 15 is 0 Å². The van der Waals surface area contributed by atoms with Gasteiger partial charge in [0, 0.05) is 23.1 Å². The van der Waals surface area contributed by atoms with Crippen molar-refractivity contribution in [2.24, 2.45) is 0 Å². The number of hydrogen-bond acceptors (Lipinski definition) is 2. The summed E-state index contributed by atoms with van der Waals surface area (Å²) >= 11 is 3.40. The number of aromatic amines is 1. The Morgan fingerprint density at radius 2 is 2.23 bits per heavy atom. The van der Waals surface area contributed by atoms with Crippen LogP contribution in [0.2, 0.25) is 0 Å². The van der Waals surface area contributed by atoms with E-state index in [0.29, 0.717) is 0 Å². The van der Waals surface area contributed by atoms with Crippen LogP contribution in [-0.4, -0.2) is 15.0 Å². The van der Waals surface area contributed by atoms with E-state index in [1.165, 1.54) is 0 Å². The molecule has 0 radical (unpaired) electrons. The Morgan fingerprint density at radius 3 is 2.85 bits per heavy atom. The summed E-state index contributed by atoms with van der Waals surface area (Å²) in [4.78, 5) is 11.4. The van der Waals surface area contributed by atoms with Crippen LogP contribution in [0.4, 0.5) is 0 Å². The van der Waals surface area contributed by atoms with Crippen LogP contribution in [0.1, 0.15) is 5.56 Å². The van der Waals surface area contributed by atoms with Crippen molar-refractivity contribution >= 4 is 15.9 Å². The predicted molar refractivity (Wildman–Crippen MR) is 54.3 cm³/mol. The minimum Gasteiger partial charge on any atom is -0.343 e. The number of pyridine rings is 1. The number of hydrogen-bond donors (Lipinski definition) is 1. The van der Waals surface area contributed by atoms with E-state index in [4.69, 9.17) is 0 Å². The summed E-state index contributed by atoms with van der Waals surface area (Å²) in [6, 6.07) is 1.99. The van der Waals surface area contributed by atoms with Crippen LogP contribution in [0.15, 0.2) is 29.1 Å². The second-order valence-electron chi connectivity index (χ2n) is 2.76. The zero-order valence-electron chi connectivity index (χ0n) is 7.08. The molecule has 2 heterocycles. The second-order valence-corrected chi connectivity index (χ2v) is 3.61. The molecule has 13 heavy (non-hydrogen) atoms. The van der Waals surface area contributed by atoms with Crippen LogP contribution in [0.3, 0.4) is 0 Å². The summed E-state index contributed by atoms with van der Waals surface area (Å²) in [5.41, 5.74) is 2.02. The maximum absolute atomic E-state index is 4.24.